The van der Waals surface area contributed by atoms with Gasteiger partial charge in [0, 0.05) is 0 Å². The van der Waals surface area contributed by atoms with Gasteiger partial charge in [-0.25, -0.2) is 19.6 Å². The summed E-state index contributed by atoms with van der Waals surface area (Å²) in [5.74, 6) is 0. The summed E-state index contributed by atoms with van der Waals surface area (Å²) in [7, 11) is 0. The third-order valence-corrected chi connectivity index (χ3v) is 5.50. The Kier molecular flexibility index (Phi) is 22.7. The van der Waals surface area contributed by atoms with Crippen LogP contribution >= 0.6 is 0 Å². The predicted molar refractivity (Wildman–Crippen MR) is 118 cm³/mol. The third kappa shape index (κ3) is 21.1. The molecule has 0 heterocycles. The zero-order valence-corrected chi connectivity index (χ0v) is 18.4. The molecule has 0 aromatic carbocycles. The van der Waals surface area contributed by atoms with Gasteiger partial charge in [0.1, 0.15) is 0 Å². The molecule has 0 aromatic heterocycles. The van der Waals surface area contributed by atoms with Crippen LogP contribution in [0.5, 0.6) is 0 Å². The van der Waals surface area contributed by atoms with Crippen LogP contribution in [0, 0.1) is 0 Å². The molecular weight excluding hydrogens is 348 g/mol. The lowest BCUT2D eigenvalue weighted by atomic mass is 10.0. The molecule has 4 nitrogen and oxygen atoms in total. The summed E-state index contributed by atoms with van der Waals surface area (Å²) in [6, 6.07) is 0.129. The van der Waals surface area contributed by atoms with Crippen LogP contribution in [0.2, 0.25) is 0 Å². The van der Waals surface area contributed by atoms with Crippen molar-refractivity contribution in [1.29, 1.82) is 0 Å². The molecular formula is C24H44N2O2. The normalized spacial score (nSPS) is 11.6. The van der Waals surface area contributed by atoms with Gasteiger partial charge >= 0.3 is 0 Å². The highest BCUT2D eigenvalue weighted by Crippen LogP contribution is 2.16. The summed E-state index contributed by atoms with van der Waals surface area (Å²) in [6.45, 7) is 2.83. The Morgan fingerprint density at radius 1 is 0.571 bits per heavy atom. The molecule has 0 radical (unpaired) electrons. The molecule has 1 unspecified atom stereocenters. The van der Waals surface area contributed by atoms with Gasteiger partial charge in [-0.05, 0) is 19.3 Å². The maximum Gasteiger partial charge on any atom is 0.235 e. The Balaban J connectivity index is 3.41. The molecule has 0 saturated carbocycles. The van der Waals surface area contributed by atoms with E-state index in [9.17, 15) is 9.59 Å². The molecule has 0 spiro atoms. The van der Waals surface area contributed by atoms with Crippen molar-refractivity contribution in [1.82, 2.24) is 0 Å². The lowest BCUT2D eigenvalue weighted by Gasteiger charge is -2.10. The van der Waals surface area contributed by atoms with E-state index in [0.29, 0.717) is 6.54 Å². The third-order valence-electron chi connectivity index (χ3n) is 5.50. The first-order valence-electron chi connectivity index (χ1n) is 12.0. The van der Waals surface area contributed by atoms with Crippen molar-refractivity contribution in [3.05, 3.63) is 0 Å². The second kappa shape index (κ2) is 23.8. The molecule has 4 heteroatoms. The van der Waals surface area contributed by atoms with Gasteiger partial charge < -0.3 is 0 Å². The van der Waals surface area contributed by atoms with Crippen LogP contribution in [0.3, 0.4) is 0 Å². The van der Waals surface area contributed by atoms with Crippen LogP contribution in [0.25, 0.3) is 0 Å². The second-order valence-corrected chi connectivity index (χ2v) is 8.08. The number of unbranched alkanes of at least 4 members (excludes halogenated alkanes) is 15. The van der Waals surface area contributed by atoms with Crippen molar-refractivity contribution in [2.75, 3.05) is 6.54 Å². The van der Waals surface area contributed by atoms with Crippen LogP contribution in [0.4, 0.5) is 0 Å². The van der Waals surface area contributed by atoms with Crippen molar-refractivity contribution in [2.45, 2.75) is 135 Å². The second-order valence-electron chi connectivity index (χ2n) is 8.08. The largest absolute Gasteiger partial charge is 0.235 e. The minimum atomic E-state index is 0.129. The predicted octanol–water partition coefficient (Wildman–Crippen LogP) is 7.46. The maximum absolute atomic E-state index is 10.6. The van der Waals surface area contributed by atoms with Gasteiger partial charge in [0.15, 0.2) is 0 Å². The van der Waals surface area contributed by atoms with E-state index >= 15 is 0 Å². The Morgan fingerprint density at radius 2 is 1.00 bits per heavy atom. The van der Waals surface area contributed by atoms with Crippen LogP contribution in [-0.2, 0) is 9.59 Å². The van der Waals surface area contributed by atoms with E-state index in [-0.39, 0.29) is 6.04 Å². The Bertz CT molecular complexity index is 413. The number of rotatable bonds is 22. The number of hydrogen-bond donors (Lipinski definition) is 0. The molecule has 0 N–H and O–H groups in total. The fourth-order valence-corrected chi connectivity index (χ4v) is 3.72. The Morgan fingerprint density at radius 3 is 1.43 bits per heavy atom. The van der Waals surface area contributed by atoms with E-state index in [0.717, 1.165) is 38.5 Å². The highest BCUT2D eigenvalue weighted by atomic mass is 16.1. The minimum absolute atomic E-state index is 0.129. The smallest absolute Gasteiger partial charge is 0.211 e. The molecule has 0 aromatic rings. The van der Waals surface area contributed by atoms with E-state index in [1.807, 2.05) is 0 Å². The highest BCUT2D eigenvalue weighted by Gasteiger charge is 2.06. The standard InChI is InChI=1S/C24H44N2O2/c1-2-3-4-5-6-7-8-9-10-11-12-13-14-16-19-24(26-23-28)20-17-15-18-21-25-22-27/h24H,2-21H2,1H3. The van der Waals surface area contributed by atoms with Gasteiger partial charge in [0.25, 0.3) is 0 Å². The first-order valence-corrected chi connectivity index (χ1v) is 12.0. The van der Waals surface area contributed by atoms with Crippen LogP contribution in [-0.4, -0.2) is 24.7 Å². The van der Waals surface area contributed by atoms with E-state index in [4.69, 9.17) is 0 Å². The van der Waals surface area contributed by atoms with Gasteiger partial charge in [0.05, 0.1) is 12.6 Å². The zero-order valence-electron chi connectivity index (χ0n) is 18.4. The average molecular weight is 393 g/mol. The summed E-state index contributed by atoms with van der Waals surface area (Å²) in [5.41, 5.74) is 0. The van der Waals surface area contributed by atoms with Crippen molar-refractivity contribution in [3.63, 3.8) is 0 Å². The molecule has 0 aliphatic carbocycles. The summed E-state index contributed by atoms with van der Waals surface area (Å²) in [5, 5.41) is 0. The summed E-state index contributed by atoms with van der Waals surface area (Å²) < 4.78 is 0. The number of hydrogen-bond acceptors (Lipinski definition) is 4. The maximum atomic E-state index is 10.6. The topological polar surface area (TPSA) is 58.9 Å². The van der Waals surface area contributed by atoms with Crippen molar-refractivity contribution >= 4 is 12.2 Å². The van der Waals surface area contributed by atoms with Gasteiger partial charge in [-0.1, -0.05) is 110 Å². The number of aliphatic imine (C=N–C) groups is 2. The van der Waals surface area contributed by atoms with E-state index in [2.05, 4.69) is 16.9 Å². The molecule has 28 heavy (non-hydrogen) atoms. The van der Waals surface area contributed by atoms with Gasteiger partial charge in [-0.3, -0.25) is 0 Å². The molecule has 0 aliphatic heterocycles. The number of isocyanates is 2. The zero-order chi connectivity index (χ0) is 20.5. The Labute approximate surface area is 173 Å². The van der Waals surface area contributed by atoms with E-state index in [1.54, 1.807) is 12.2 Å². The molecule has 1 atom stereocenters. The van der Waals surface area contributed by atoms with Gasteiger partial charge in [-0.15, -0.1) is 0 Å². The molecule has 162 valence electrons. The summed E-state index contributed by atoms with van der Waals surface area (Å²) in [4.78, 5) is 28.1. The molecule has 0 saturated heterocycles. The van der Waals surface area contributed by atoms with Crippen LogP contribution in [0.1, 0.15) is 129 Å². The quantitative estimate of drug-likeness (QED) is 0.109. The van der Waals surface area contributed by atoms with Crippen LogP contribution < -0.4 is 0 Å². The summed E-state index contributed by atoms with van der Waals surface area (Å²) in [6.07, 6.45) is 27.3. The SMILES string of the molecule is CCCCCCCCCCCCCCCCC(CCCCCN=C=O)N=C=O. The first kappa shape index (κ1) is 26.8. The molecule has 0 rings (SSSR count). The van der Waals surface area contributed by atoms with Gasteiger partial charge in [0.2, 0.25) is 12.2 Å². The highest BCUT2D eigenvalue weighted by molar-refractivity contribution is 5.33. The van der Waals surface area contributed by atoms with Crippen molar-refractivity contribution < 1.29 is 9.59 Å². The number of carbonyl (C=O) groups excluding carboxylic acids is 2. The lowest BCUT2D eigenvalue weighted by molar-refractivity contribution is 0.481. The molecule has 0 aliphatic rings. The fourth-order valence-electron chi connectivity index (χ4n) is 3.72. The average Bonchev–Trinajstić information content (AvgIpc) is 2.70. The monoisotopic (exact) mass is 392 g/mol. The lowest BCUT2D eigenvalue weighted by Crippen LogP contribution is -2.04. The minimum Gasteiger partial charge on any atom is -0.211 e. The Hall–Kier alpha value is -1.24. The molecule has 0 bridgehead atoms. The van der Waals surface area contributed by atoms with Gasteiger partial charge in [-0.2, -0.15) is 0 Å². The van der Waals surface area contributed by atoms with Crippen molar-refractivity contribution in [2.24, 2.45) is 9.98 Å². The summed E-state index contributed by atoms with van der Waals surface area (Å²) >= 11 is 0. The van der Waals surface area contributed by atoms with E-state index in [1.165, 1.54) is 83.5 Å². The fraction of sp³-hybridized carbons (Fsp3) is 0.917. The first-order chi connectivity index (χ1) is 13.8. The molecule has 0 fully saturated rings. The molecule has 0 amide bonds. The van der Waals surface area contributed by atoms with E-state index < -0.39 is 0 Å². The van der Waals surface area contributed by atoms with Crippen LogP contribution in [0.15, 0.2) is 9.98 Å². The van der Waals surface area contributed by atoms with Crippen molar-refractivity contribution in [3.8, 4) is 0 Å². The number of nitrogens with zero attached hydrogens (tertiary/aromatic N) is 2.